The molecule has 0 saturated carbocycles. The largest absolute Gasteiger partial charge is 0.506 e. The van der Waals surface area contributed by atoms with Crippen molar-refractivity contribution in [2.45, 2.75) is 63.5 Å². The highest BCUT2D eigenvalue weighted by atomic mass is 35.5. The van der Waals surface area contributed by atoms with Crippen molar-refractivity contribution < 1.29 is 32.6 Å². The normalized spacial score (nSPS) is 21.1. The van der Waals surface area contributed by atoms with E-state index in [0.717, 1.165) is 43.4 Å². The zero-order valence-electron chi connectivity index (χ0n) is 27.9. The van der Waals surface area contributed by atoms with E-state index in [0.29, 0.717) is 76.1 Å². The summed E-state index contributed by atoms with van der Waals surface area (Å²) in [6.07, 6.45) is 4.93. The van der Waals surface area contributed by atoms with Crippen LogP contribution in [0, 0.1) is 11.8 Å². The summed E-state index contributed by atoms with van der Waals surface area (Å²) in [5, 5.41) is 13.1. The van der Waals surface area contributed by atoms with Gasteiger partial charge in [0.1, 0.15) is 5.75 Å². The number of hydrogen-bond donors (Lipinski definition) is 2. The van der Waals surface area contributed by atoms with Gasteiger partial charge in [-0.25, -0.2) is 22.3 Å². The monoisotopic (exact) mass is 715 g/mol. The van der Waals surface area contributed by atoms with Crippen LogP contribution in [0.5, 0.6) is 5.75 Å². The Labute approximate surface area is 293 Å². The smallest absolute Gasteiger partial charge is 0.410 e. The average Bonchev–Trinajstić information content (AvgIpc) is 3.27. The minimum atomic E-state index is -3.18. The maximum absolute atomic E-state index is 14.0. The summed E-state index contributed by atoms with van der Waals surface area (Å²) >= 11 is 6.17. The van der Waals surface area contributed by atoms with Gasteiger partial charge in [0.05, 0.1) is 11.3 Å². The quantitative estimate of drug-likeness (QED) is 0.429. The molecule has 49 heavy (non-hydrogen) atoms. The highest BCUT2D eigenvalue weighted by molar-refractivity contribution is 7.88. The molecule has 0 radical (unpaired) electrons. The number of benzene rings is 2. The Morgan fingerprint density at radius 2 is 1.55 bits per heavy atom. The van der Waals surface area contributed by atoms with Crippen molar-refractivity contribution in [3.05, 3.63) is 58.6 Å². The Morgan fingerprint density at radius 3 is 2.20 bits per heavy atom. The number of nitrogens with one attached hydrogen (secondary N) is 1. The van der Waals surface area contributed by atoms with E-state index in [9.17, 15) is 27.9 Å². The number of halogens is 1. The molecule has 2 N–H and O–H groups in total. The van der Waals surface area contributed by atoms with Crippen LogP contribution in [0.15, 0.2) is 42.5 Å². The summed E-state index contributed by atoms with van der Waals surface area (Å²) in [4.78, 5) is 45.8. The van der Waals surface area contributed by atoms with Gasteiger partial charge in [0.2, 0.25) is 10.0 Å². The number of piperidine rings is 3. The number of hydrogen-bond acceptors (Lipinski definition) is 7. The Bertz CT molecular complexity index is 1630. The molecule has 266 valence electrons. The van der Waals surface area contributed by atoms with Gasteiger partial charge >= 0.3 is 12.1 Å². The summed E-state index contributed by atoms with van der Waals surface area (Å²) in [6, 6.07) is 12.4. The summed E-state index contributed by atoms with van der Waals surface area (Å²) in [5.41, 5.74) is 2.60. The van der Waals surface area contributed by atoms with Crippen LogP contribution in [0.25, 0.3) is 0 Å². The van der Waals surface area contributed by atoms with E-state index in [4.69, 9.17) is 16.3 Å². The number of phenolic OH excluding ortho intramolecular Hbond substituents is 1. The van der Waals surface area contributed by atoms with Gasteiger partial charge in [0.25, 0.3) is 5.91 Å². The van der Waals surface area contributed by atoms with E-state index >= 15 is 0 Å². The van der Waals surface area contributed by atoms with Crippen molar-refractivity contribution in [1.82, 2.24) is 19.0 Å². The van der Waals surface area contributed by atoms with Crippen LogP contribution in [0.1, 0.15) is 49.7 Å². The molecule has 4 heterocycles. The molecule has 4 aliphatic heterocycles. The first-order valence-corrected chi connectivity index (χ1v) is 19.5. The maximum atomic E-state index is 14.0. The number of fused-ring (bicyclic) bond motifs is 1. The van der Waals surface area contributed by atoms with Crippen molar-refractivity contribution in [1.29, 1.82) is 0 Å². The highest BCUT2D eigenvalue weighted by Crippen LogP contribution is 2.34. The number of anilines is 1. The SMILES string of the molecule is CS(=O)(=O)N1CCC(C2CCN(C(=O)[C@@H](Cc3ccc(O)c(Cl)c3)OC(=O)N3CCC(N4CCc5ccccc5NC4=O)CC3)CC2)CC1. The van der Waals surface area contributed by atoms with Crippen LogP contribution in [-0.2, 0) is 32.4 Å². The fourth-order valence-electron chi connectivity index (χ4n) is 7.84. The number of nitrogens with zero attached hydrogens (tertiary/aromatic N) is 4. The Morgan fingerprint density at radius 1 is 0.918 bits per heavy atom. The molecule has 0 bridgehead atoms. The van der Waals surface area contributed by atoms with Crippen LogP contribution >= 0.6 is 11.6 Å². The van der Waals surface area contributed by atoms with E-state index < -0.39 is 22.2 Å². The van der Waals surface area contributed by atoms with Gasteiger partial charge in [-0.15, -0.1) is 0 Å². The second-order valence-corrected chi connectivity index (χ2v) is 16.2. The predicted molar refractivity (Wildman–Crippen MR) is 186 cm³/mol. The van der Waals surface area contributed by atoms with Crippen molar-refractivity contribution in [3.63, 3.8) is 0 Å². The number of ether oxygens (including phenoxy) is 1. The van der Waals surface area contributed by atoms with Crippen molar-refractivity contribution in [2.75, 3.05) is 57.4 Å². The highest BCUT2D eigenvalue weighted by Gasteiger charge is 2.37. The minimum absolute atomic E-state index is 0.0187. The van der Waals surface area contributed by atoms with Crippen molar-refractivity contribution >= 4 is 45.3 Å². The second-order valence-electron chi connectivity index (χ2n) is 13.8. The molecule has 4 amide bonds. The van der Waals surface area contributed by atoms with Gasteiger partial charge in [-0.3, -0.25) is 4.79 Å². The summed E-state index contributed by atoms with van der Waals surface area (Å²) in [5.74, 6) is 0.490. The zero-order chi connectivity index (χ0) is 34.7. The summed E-state index contributed by atoms with van der Waals surface area (Å²) < 4.78 is 31.4. The lowest BCUT2D eigenvalue weighted by atomic mass is 9.79. The van der Waals surface area contributed by atoms with E-state index in [1.165, 1.54) is 12.3 Å². The van der Waals surface area contributed by atoms with Crippen LogP contribution in [0.3, 0.4) is 0 Å². The summed E-state index contributed by atoms with van der Waals surface area (Å²) in [7, 11) is -3.18. The average molecular weight is 716 g/mol. The van der Waals surface area contributed by atoms with Gasteiger partial charge in [0.15, 0.2) is 6.10 Å². The summed E-state index contributed by atoms with van der Waals surface area (Å²) in [6.45, 7) is 3.53. The molecule has 0 aromatic heterocycles. The van der Waals surface area contributed by atoms with Gasteiger partial charge in [0, 0.05) is 64.0 Å². The Kier molecular flexibility index (Phi) is 10.9. The molecule has 2 aromatic rings. The molecule has 4 aliphatic rings. The van der Waals surface area contributed by atoms with Crippen molar-refractivity contribution in [2.24, 2.45) is 11.8 Å². The first-order chi connectivity index (χ1) is 23.5. The third kappa shape index (κ3) is 8.43. The van der Waals surface area contributed by atoms with Gasteiger partial charge in [-0.2, -0.15) is 0 Å². The Balaban J connectivity index is 1.06. The number of rotatable bonds is 7. The number of aromatic hydroxyl groups is 1. The number of sulfonamides is 1. The molecule has 3 saturated heterocycles. The van der Waals surface area contributed by atoms with Crippen LogP contribution in [0.4, 0.5) is 15.3 Å². The first kappa shape index (κ1) is 35.3. The van der Waals surface area contributed by atoms with Gasteiger partial charge in [-0.1, -0.05) is 35.9 Å². The molecule has 0 aliphatic carbocycles. The number of urea groups is 1. The van der Waals surface area contributed by atoms with E-state index in [2.05, 4.69) is 5.32 Å². The number of phenols is 1. The van der Waals surface area contributed by atoms with E-state index in [-0.39, 0.29) is 35.2 Å². The molecule has 12 nitrogen and oxygen atoms in total. The molecule has 6 rings (SSSR count). The van der Waals surface area contributed by atoms with Crippen LogP contribution in [0.2, 0.25) is 5.02 Å². The predicted octanol–water partition coefficient (Wildman–Crippen LogP) is 4.56. The lowest BCUT2D eigenvalue weighted by Gasteiger charge is -2.40. The van der Waals surface area contributed by atoms with E-state index in [1.54, 1.807) is 26.2 Å². The number of carbonyl (C=O) groups excluding carboxylic acids is 3. The number of likely N-dealkylation sites (tertiary alicyclic amines) is 2. The number of carbonyl (C=O) groups is 3. The van der Waals surface area contributed by atoms with Crippen LogP contribution in [-0.4, -0.2) is 115 Å². The third-order valence-electron chi connectivity index (χ3n) is 10.7. The van der Waals surface area contributed by atoms with Crippen LogP contribution < -0.4 is 5.32 Å². The fourth-order valence-corrected chi connectivity index (χ4v) is 8.92. The third-order valence-corrected chi connectivity index (χ3v) is 12.3. The molecular formula is C35H46ClN5O7S. The number of amides is 4. The van der Waals surface area contributed by atoms with Crippen molar-refractivity contribution in [3.8, 4) is 5.75 Å². The molecule has 0 unspecified atom stereocenters. The first-order valence-electron chi connectivity index (χ1n) is 17.3. The lowest BCUT2D eigenvalue weighted by Crippen LogP contribution is -2.52. The second kappa shape index (κ2) is 15.1. The lowest BCUT2D eigenvalue weighted by molar-refractivity contribution is -0.142. The minimum Gasteiger partial charge on any atom is -0.506 e. The molecule has 0 spiro atoms. The molecule has 3 fully saturated rings. The van der Waals surface area contributed by atoms with E-state index in [1.807, 2.05) is 29.2 Å². The topological polar surface area (TPSA) is 140 Å². The molecule has 1 atom stereocenters. The maximum Gasteiger partial charge on any atom is 0.410 e. The Hall–Kier alpha value is -3.55. The van der Waals surface area contributed by atoms with Gasteiger partial charge < -0.3 is 29.9 Å². The number of para-hydroxylation sites is 1. The molecule has 2 aromatic carbocycles. The molecular weight excluding hydrogens is 670 g/mol. The fraction of sp³-hybridized carbons (Fsp3) is 0.571. The zero-order valence-corrected chi connectivity index (χ0v) is 29.5. The van der Waals surface area contributed by atoms with Gasteiger partial charge in [-0.05, 0) is 86.1 Å². The molecule has 14 heteroatoms. The standard InChI is InChI=1S/C35H46ClN5O7S/c1-49(46,47)40-19-10-26(11-20-40)25-8-15-38(16-9-25)33(43)32(23-24-6-7-31(42)29(36)22-24)48-35(45)39-17-13-28(14-18-39)41-21-12-27-4-2-3-5-30(27)37-34(41)44/h2-7,22,25-26,28,32,42H,8-21,23H2,1H3,(H,37,44)/t32-/m1/s1.